The van der Waals surface area contributed by atoms with Crippen molar-refractivity contribution in [2.75, 3.05) is 5.32 Å². The number of hydrogen-bond donors (Lipinski definition) is 2. The molecule has 0 saturated carbocycles. The summed E-state index contributed by atoms with van der Waals surface area (Å²) in [4.78, 5) is 12.5. The third-order valence-corrected chi connectivity index (χ3v) is 2.83. The average molecular weight is 346 g/mol. The number of aryl methyl sites for hydroxylation is 2. The van der Waals surface area contributed by atoms with Crippen LogP contribution in [-0.2, 0) is 6.54 Å². The first-order valence-electron chi connectivity index (χ1n) is 5.45. The van der Waals surface area contributed by atoms with Crippen LogP contribution < -0.4 is 5.32 Å². The van der Waals surface area contributed by atoms with Gasteiger partial charge >= 0.3 is 0 Å². The van der Waals surface area contributed by atoms with Gasteiger partial charge in [0.1, 0.15) is 22.4 Å². The molecule has 102 valence electrons. The molecule has 2 aromatic heterocycles. The van der Waals surface area contributed by atoms with Crippen molar-refractivity contribution in [3.8, 4) is 5.75 Å². The van der Waals surface area contributed by atoms with Crippen LogP contribution in [0.2, 0.25) is 5.02 Å². The lowest BCUT2D eigenvalue weighted by Gasteiger charge is -2.09. The maximum atomic E-state index is 9.13. The van der Waals surface area contributed by atoms with Crippen LogP contribution in [0.4, 0.5) is 5.82 Å². The predicted molar refractivity (Wildman–Crippen MR) is 80.1 cm³/mol. The molecule has 7 heteroatoms. The molecular formula is C12H14BrClN4O. The van der Waals surface area contributed by atoms with Crippen LogP contribution in [0, 0.1) is 13.8 Å². The Hall–Kier alpha value is -1.40. The first-order chi connectivity index (χ1) is 8.56. The van der Waals surface area contributed by atoms with Gasteiger partial charge in [0.05, 0.1) is 24.1 Å². The van der Waals surface area contributed by atoms with Crippen LogP contribution in [0.3, 0.4) is 0 Å². The van der Waals surface area contributed by atoms with Gasteiger partial charge in [0.2, 0.25) is 0 Å². The maximum absolute atomic E-state index is 9.13. The third kappa shape index (κ3) is 4.04. The lowest BCUT2D eigenvalue weighted by molar-refractivity contribution is 0.472. The second-order valence-corrected chi connectivity index (χ2v) is 4.26. The molecule has 0 atom stereocenters. The molecule has 0 amide bonds. The van der Waals surface area contributed by atoms with Crippen molar-refractivity contribution in [2.45, 2.75) is 20.4 Å². The van der Waals surface area contributed by atoms with Crippen LogP contribution in [-0.4, -0.2) is 20.1 Å². The van der Waals surface area contributed by atoms with E-state index in [1.165, 1.54) is 6.20 Å². The summed E-state index contributed by atoms with van der Waals surface area (Å²) in [6, 6.07) is 3.32. The summed E-state index contributed by atoms with van der Waals surface area (Å²) in [6.45, 7) is 4.13. The average Bonchev–Trinajstić information content (AvgIpc) is 2.34. The second-order valence-electron chi connectivity index (χ2n) is 3.88. The van der Waals surface area contributed by atoms with E-state index in [0.29, 0.717) is 23.2 Å². The number of pyridine rings is 1. The molecule has 2 heterocycles. The quantitative estimate of drug-likeness (QED) is 0.894. The van der Waals surface area contributed by atoms with E-state index in [1.807, 2.05) is 13.8 Å². The standard InChI is InChI=1S/C12H13ClN4O.BrH/c1-7-11(13)12(17-8(2)16-7)15-5-9-3-4-10(18)6-14-9;/h3-4,6,18H,5H2,1-2H3,(H,15,16,17);1H. The first kappa shape index (κ1) is 15.7. The summed E-state index contributed by atoms with van der Waals surface area (Å²) < 4.78 is 0. The van der Waals surface area contributed by atoms with Crippen molar-refractivity contribution >= 4 is 34.4 Å². The van der Waals surface area contributed by atoms with E-state index in [4.69, 9.17) is 16.7 Å². The number of rotatable bonds is 3. The van der Waals surface area contributed by atoms with Crippen molar-refractivity contribution in [3.05, 3.63) is 40.6 Å². The van der Waals surface area contributed by atoms with E-state index in [1.54, 1.807) is 12.1 Å². The van der Waals surface area contributed by atoms with Crippen molar-refractivity contribution in [1.29, 1.82) is 0 Å². The number of nitrogens with one attached hydrogen (secondary N) is 1. The van der Waals surface area contributed by atoms with Crippen LogP contribution in [0.1, 0.15) is 17.2 Å². The van der Waals surface area contributed by atoms with Crippen molar-refractivity contribution in [3.63, 3.8) is 0 Å². The molecule has 0 saturated heterocycles. The minimum atomic E-state index is 0. The van der Waals surface area contributed by atoms with Gasteiger partial charge in [0.15, 0.2) is 0 Å². The van der Waals surface area contributed by atoms with Gasteiger partial charge in [-0.3, -0.25) is 4.98 Å². The van der Waals surface area contributed by atoms with Gasteiger partial charge < -0.3 is 10.4 Å². The summed E-state index contributed by atoms with van der Waals surface area (Å²) in [5.41, 5.74) is 1.53. The fourth-order valence-electron chi connectivity index (χ4n) is 1.51. The lowest BCUT2D eigenvalue weighted by atomic mass is 10.3. The number of hydrogen-bond acceptors (Lipinski definition) is 5. The Kier molecular flexibility index (Phi) is 5.50. The Morgan fingerprint density at radius 2 is 2.00 bits per heavy atom. The van der Waals surface area contributed by atoms with Gasteiger partial charge in [0.25, 0.3) is 0 Å². The Labute approximate surface area is 126 Å². The molecule has 2 rings (SSSR count). The molecule has 2 N–H and O–H groups in total. The van der Waals surface area contributed by atoms with Crippen LogP contribution in [0.25, 0.3) is 0 Å². The molecule has 0 aromatic carbocycles. The van der Waals surface area contributed by atoms with E-state index in [2.05, 4.69) is 20.3 Å². The highest BCUT2D eigenvalue weighted by molar-refractivity contribution is 8.93. The smallest absolute Gasteiger partial charge is 0.149 e. The minimum Gasteiger partial charge on any atom is -0.506 e. The van der Waals surface area contributed by atoms with Gasteiger partial charge in [-0.25, -0.2) is 9.97 Å². The minimum absolute atomic E-state index is 0. The van der Waals surface area contributed by atoms with Crippen molar-refractivity contribution in [2.24, 2.45) is 0 Å². The van der Waals surface area contributed by atoms with Crippen molar-refractivity contribution < 1.29 is 5.11 Å². The molecule has 0 aliphatic rings. The number of anilines is 1. The molecule has 0 radical (unpaired) electrons. The molecule has 0 aliphatic heterocycles. The second kappa shape index (κ2) is 6.68. The fraction of sp³-hybridized carbons (Fsp3) is 0.250. The predicted octanol–water partition coefficient (Wildman–Crippen LogP) is 3.04. The summed E-state index contributed by atoms with van der Waals surface area (Å²) >= 11 is 6.11. The van der Waals surface area contributed by atoms with Gasteiger partial charge in [-0.1, -0.05) is 11.6 Å². The van der Waals surface area contributed by atoms with E-state index >= 15 is 0 Å². The third-order valence-electron chi connectivity index (χ3n) is 2.37. The summed E-state index contributed by atoms with van der Waals surface area (Å²) in [6.07, 6.45) is 1.40. The van der Waals surface area contributed by atoms with Crippen LogP contribution in [0.15, 0.2) is 18.3 Å². The van der Waals surface area contributed by atoms with E-state index in [9.17, 15) is 0 Å². The van der Waals surface area contributed by atoms with E-state index in [0.717, 1.165) is 11.4 Å². The summed E-state index contributed by atoms with van der Waals surface area (Å²) in [5.74, 6) is 1.40. The molecule has 0 spiro atoms. The van der Waals surface area contributed by atoms with Gasteiger partial charge in [-0.15, -0.1) is 17.0 Å². The molecule has 0 bridgehead atoms. The Morgan fingerprint density at radius 1 is 1.26 bits per heavy atom. The normalized spacial score (nSPS) is 9.84. The SMILES string of the molecule is Br.Cc1nc(C)c(Cl)c(NCc2ccc(O)cn2)n1. The number of nitrogens with zero attached hydrogens (tertiary/aromatic N) is 3. The topological polar surface area (TPSA) is 70.9 Å². The number of aromatic nitrogens is 3. The monoisotopic (exact) mass is 344 g/mol. The zero-order chi connectivity index (χ0) is 13.1. The number of aromatic hydroxyl groups is 1. The molecule has 0 fully saturated rings. The zero-order valence-corrected chi connectivity index (χ0v) is 13.0. The van der Waals surface area contributed by atoms with Gasteiger partial charge in [-0.05, 0) is 26.0 Å². The first-order valence-corrected chi connectivity index (χ1v) is 5.82. The molecule has 5 nitrogen and oxygen atoms in total. The number of halogens is 2. The Balaban J connectivity index is 0.00000180. The molecule has 0 aliphatic carbocycles. The zero-order valence-electron chi connectivity index (χ0n) is 10.5. The van der Waals surface area contributed by atoms with Gasteiger partial charge in [0, 0.05) is 0 Å². The fourth-order valence-corrected chi connectivity index (χ4v) is 1.66. The highest BCUT2D eigenvalue weighted by Gasteiger charge is 2.07. The Bertz CT molecular complexity index is 562. The van der Waals surface area contributed by atoms with Crippen LogP contribution in [0.5, 0.6) is 5.75 Å². The maximum Gasteiger partial charge on any atom is 0.149 e. The van der Waals surface area contributed by atoms with Crippen molar-refractivity contribution in [1.82, 2.24) is 15.0 Å². The molecule has 2 aromatic rings. The molecular weight excluding hydrogens is 332 g/mol. The highest BCUT2D eigenvalue weighted by atomic mass is 79.9. The Morgan fingerprint density at radius 3 is 2.63 bits per heavy atom. The van der Waals surface area contributed by atoms with Crippen LogP contribution >= 0.6 is 28.6 Å². The summed E-state index contributed by atoms with van der Waals surface area (Å²) in [5, 5.41) is 12.8. The molecule has 0 unspecified atom stereocenters. The highest BCUT2D eigenvalue weighted by Crippen LogP contribution is 2.22. The van der Waals surface area contributed by atoms with E-state index < -0.39 is 0 Å². The van der Waals surface area contributed by atoms with E-state index in [-0.39, 0.29) is 22.7 Å². The lowest BCUT2D eigenvalue weighted by Crippen LogP contribution is -2.06. The van der Waals surface area contributed by atoms with Gasteiger partial charge in [-0.2, -0.15) is 0 Å². The summed E-state index contributed by atoms with van der Waals surface area (Å²) in [7, 11) is 0. The molecule has 19 heavy (non-hydrogen) atoms. The largest absolute Gasteiger partial charge is 0.506 e.